The average molecular weight is 537 g/mol. The number of amides is 2. The van der Waals surface area contributed by atoms with Gasteiger partial charge in [-0.3, -0.25) is 9.69 Å². The minimum absolute atomic E-state index is 0.308. The molecule has 1 fully saturated rings. The Morgan fingerprint density at radius 2 is 1.76 bits per heavy atom. The number of halogens is 1. The van der Waals surface area contributed by atoms with Crippen LogP contribution in [-0.2, 0) is 4.79 Å². The molecule has 0 unspecified atom stereocenters. The van der Waals surface area contributed by atoms with Gasteiger partial charge in [0.15, 0.2) is 16.8 Å². The van der Waals surface area contributed by atoms with Crippen molar-refractivity contribution in [3.8, 4) is 22.5 Å². The van der Waals surface area contributed by atoms with Gasteiger partial charge in [-0.2, -0.15) is 0 Å². The highest BCUT2D eigenvalue weighted by molar-refractivity contribution is 7.23. The average Bonchev–Trinajstić information content (AvgIpc) is 3.33. The molecule has 4 heterocycles. The van der Waals surface area contributed by atoms with E-state index in [1.165, 1.54) is 16.2 Å². The van der Waals surface area contributed by atoms with Crippen LogP contribution in [0, 0.1) is 11.2 Å². The van der Waals surface area contributed by atoms with E-state index < -0.39 is 23.2 Å². The Balaban J connectivity index is 1.51. The number of carbonyl (C=O) groups is 2. The van der Waals surface area contributed by atoms with Gasteiger partial charge in [0, 0.05) is 43.2 Å². The molecule has 196 valence electrons. The van der Waals surface area contributed by atoms with E-state index in [4.69, 9.17) is 5.73 Å². The number of urea groups is 1. The number of hydrogen-bond acceptors (Lipinski definition) is 9. The predicted octanol–water partition coefficient (Wildman–Crippen LogP) is 3.95. The van der Waals surface area contributed by atoms with Gasteiger partial charge in [-0.05, 0) is 44.4 Å². The van der Waals surface area contributed by atoms with E-state index in [-0.39, 0.29) is 0 Å². The third-order valence-electron chi connectivity index (χ3n) is 6.79. The van der Waals surface area contributed by atoms with E-state index in [1.807, 2.05) is 17.0 Å². The molecule has 3 aromatic heterocycles. The highest BCUT2D eigenvalue weighted by Crippen LogP contribution is 2.39. The molecule has 13 heteroatoms. The summed E-state index contributed by atoms with van der Waals surface area (Å²) in [5.74, 6) is -0.501. The second-order valence-corrected chi connectivity index (χ2v) is 10.3. The summed E-state index contributed by atoms with van der Waals surface area (Å²) in [6, 6.07) is 3.10. The molecule has 1 aromatic carbocycles. The number of carboxylic acids is 1. The van der Waals surface area contributed by atoms with Gasteiger partial charge in [-0.1, -0.05) is 11.3 Å². The lowest BCUT2D eigenvalue weighted by Crippen LogP contribution is -2.43. The molecule has 0 saturated carbocycles. The van der Waals surface area contributed by atoms with Crippen LogP contribution in [0.25, 0.3) is 32.7 Å². The molecule has 2 amide bonds. The summed E-state index contributed by atoms with van der Waals surface area (Å²) >= 11 is 1.27. The zero-order valence-electron chi connectivity index (χ0n) is 20.8. The molecule has 11 nitrogen and oxygen atoms in total. The zero-order chi connectivity index (χ0) is 27.0. The van der Waals surface area contributed by atoms with Gasteiger partial charge in [-0.15, -0.1) is 0 Å². The maximum absolute atomic E-state index is 13.5. The van der Waals surface area contributed by atoms with E-state index in [0.717, 1.165) is 22.7 Å². The number of carbonyl (C=O) groups excluding carboxylic acids is 1. The summed E-state index contributed by atoms with van der Waals surface area (Å²) in [5.41, 5.74) is 7.46. The number of benzene rings is 1. The van der Waals surface area contributed by atoms with Crippen LogP contribution < -0.4 is 15.5 Å². The summed E-state index contributed by atoms with van der Waals surface area (Å²) in [6.07, 6.45) is 6.60. The summed E-state index contributed by atoms with van der Waals surface area (Å²) in [6.45, 7) is 5.02. The molecule has 0 spiro atoms. The Morgan fingerprint density at radius 1 is 1.11 bits per heavy atom. The van der Waals surface area contributed by atoms with Crippen LogP contribution >= 0.6 is 11.3 Å². The number of thiazole rings is 1. The molecule has 0 bridgehead atoms. The molecule has 1 aliphatic heterocycles. The number of hydrogen-bond donors (Lipinski definition) is 2. The van der Waals surface area contributed by atoms with E-state index in [1.54, 1.807) is 26.2 Å². The Hall–Kier alpha value is -4.26. The molecule has 38 heavy (non-hydrogen) atoms. The SMILES string of the molecule is CCN(C(N)=O)c1nc2cc(-c3cnc(N4CCC(C)(C(=O)O)CC4)nc3)cc(-c3ncc(F)cn3)c2s1. The topological polar surface area (TPSA) is 151 Å². The lowest BCUT2D eigenvalue weighted by atomic mass is 9.80. The Kier molecular flexibility index (Phi) is 6.61. The van der Waals surface area contributed by atoms with E-state index in [2.05, 4.69) is 24.9 Å². The van der Waals surface area contributed by atoms with Gasteiger partial charge < -0.3 is 15.7 Å². The van der Waals surface area contributed by atoms with Gasteiger partial charge in [0.25, 0.3) is 0 Å². The first kappa shape index (κ1) is 25.4. The second-order valence-electron chi connectivity index (χ2n) is 9.30. The maximum Gasteiger partial charge on any atom is 0.321 e. The second kappa shape index (κ2) is 9.89. The number of piperidine rings is 1. The number of fused-ring (bicyclic) bond motifs is 1. The number of nitrogens with two attached hydrogens (primary N) is 1. The van der Waals surface area contributed by atoms with Crippen molar-refractivity contribution in [1.29, 1.82) is 0 Å². The van der Waals surface area contributed by atoms with E-state index in [0.29, 0.717) is 66.0 Å². The van der Waals surface area contributed by atoms with Crippen LogP contribution in [0.5, 0.6) is 0 Å². The summed E-state index contributed by atoms with van der Waals surface area (Å²) in [4.78, 5) is 48.8. The first-order chi connectivity index (χ1) is 18.2. The fourth-order valence-corrected chi connectivity index (χ4v) is 5.48. The number of aromatic nitrogens is 5. The van der Waals surface area contributed by atoms with Crippen LogP contribution in [0.15, 0.2) is 36.9 Å². The van der Waals surface area contributed by atoms with Crippen LogP contribution in [0.4, 0.5) is 20.3 Å². The number of primary amides is 1. The lowest BCUT2D eigenvalue weighted by molar-refractivity contribution is -0.149. The minimum atomic E-state index is -0.784. The van der Waals surface area contributed by atoms with Gasteiger partial charge in [0.1, 0.15) is 0 Å². The van der Waals surface area contributed by atoms with Crippen LogP contribution in [0.1, 0.15) is 26.7 Å². The van der Waals surface area contributed by atoms with Crippen LogP contribution in [-0.4, -0.2) is 61.7 Å². The molecular formula is C25H25FN8O3S. The van der Waals surface area contributed by atoms with Gasteiger partial charge in [-0.25, -0.2) is 34.1 Å². The smallest absolute Gasteiger partial charge is 0.321 e. The summed E-state index contributed by atoms with van der Waals surface area (Å²) in [5, 5.41) is 9.91. The number of rotatable bonds is 6. The third-order valence-corrected chi connectivity index (χ3v) is 7.92. The highest BCUT2D eigenvalue weighted by atomic mass is 32.1. The Morgan fingerprint density at radius 3 is 2.34 bits per heavy atom. The van der Waals surface area contributed by atoms with E-state index in [9.17, 15) is 19.1 Å². The third kappa shape index (κ3) is 4.72. The molecule has 5 rings (SSSR count). The fraction of sp³-hybridized carbons (Fsp3) is 0.320. The number of anilines is 2. The summed E-state index contributed by atoms with van der Waals surface area (Å²) in [7, 11) is 0. The lowest BCUT2D eigenvalue weighted by Gasteiger charge is -2.36. The molecule has 0 aliphatic carbocycles. The van der Waals surface area contributed by atoms with Crippen molar-refractivity contribution in [3.05, 3.63) is 42.7 Å². The molecule has 1 aliphatic rings. The molecule has 1 saturated heterocycles. The van der Waals surface area contributed by atoms with Crippen molar-refractivity contribution >= 4 is 44.6 Å². The number of carboxylic acid groups (broad SMARTS) is 1. The molecule has 0 atom stereocenters. The number of nitrogens with zero attached hydrogens (tertiary/aromatic N) is 7. The Labute approximate surface area is 221 Å². The summed E-state index contributed by atoms with van der Waals surface area (Å²) < 4.78 is 14.3. The number of aliphatic carboxylic acids is 1. The predicted molar refractivity (Wildman–Crippen MR) is 141 cm³/mol. The van der Waals surface area contributed by atoms with E-state index >= 15 is 0 Å². The van der Waals surface area contributed by atoms with Gasteiger partial charge in [0.05, 0.1) is 28.0 Å². The monoisotopic (exact) mass is 536 g/mol. The van der Waals surface area contributed by atoms with Crippen molar-refractivity contribution in [2.75, 3.05) is 29.4 Å². The highest BCUT2D eigenvalue weighted by Gasteiger charge is 2.37. The first-order valence-electron chi connectivity index (χ1n) is 12.0. The van der Waals surface area contributed by atoms with Gasteiger partial charge >= 0.3 is 12.0 Å². The van der Waals surface area contributed by atoms with Crippen molar-refractivity contribution in [3.63, 3.8) is 0 Å². The maximum atomic E-state index is 13.5. The minimum Gasteiger partial charge on any atom is -0.481 e. The van der Waals surface area contributed by atoms with Crippen LogP contribution in [0.2, 0.25) is 0 Å². The normalized spacial score (nSPS) is 15.0. The molecular weight excluding hydrogens is 511 g/mol. The van der Waals surface area contributed by atoms with Gasteiger partial charge in [0.2, 0.25) is 5.95 Å². The molecule has 0 radical (unpaired) electrons. The zero-order valence-corrected chi connectivity index (χ0v) is 21.6. The first-order valence-corrected chi connectivity index (χ1v) is 12.8. The fourth-order valence-electron chi connectivity index (χ4n) is 4.35. The van der Waals surface area contributed by atoms with Crippen molar-refractivity contribution in [2.45, 2.75) is 26.7 Å². The standard InChI is InChI=1S/C25H25FN8O3S/c1-3-34(22(27)37)24-32-18-9-14(8-17(19(18)38-24)20-28-12-16(26)13-29-20)15-10-30-23(31-11-15)33-6-4-25(2,5-7-33)21(35)36/h8-13H,3-7H2,1-2H3,(H2,27,37)(H,35,36). The molecule has 3 N–H and O–H groups in total. The quantitative estimate of drug-likeness (QED) is 0.373. The molecule has 4 aromatic rings. The Bertz CT molecular complexity index is 1500. The van der Waals surface area contributed by atoms with Crippen molar-refractivity contribution < 1.29 is 19.1 Å². The largest absolute Gasteiger partial charge is 0.481 e. The van der Waals surface area contributed by atoms with Crippen molar-refractivity contribution in [2.24, 2.45) is 11.1 Å². The van der Waals surface area contributed by atoms with Crippen LogP contribution in [0.3, 0.4) is 0 Å². The van der Waals surface area contributed by atoms with Crippen molar-refractivity contribution in [1.82, 2.24) is 24.9 Å².